The van der Waals surface area contributed by atoms with E-state index in [-0.39, 0.29) is 13.2 Å². The van der Waals surface area contributed by atoms with E-state index < -0.39 is 11.9 Å². The van der Waals surface area contributed by atoms with Crippen LogP contribution >= 0.6 is 22.7 Å². The molecule has 0 aliphatic rings. The van der Waals surface area contributed by atoms with E-state index in [1.807, 2.05) is 47.2 Å². The Morgan fingerprint density at radius 3 is 2.79 bits per heavy atom. The summed E-state index contributed by atoms with van der Waals surface area (Å²) in [5.41, 5.74) is 1.91. The van der Waals surface area contributed by atoms with Crippen molar-refractivity contribution in [3.8, 4) is 9.88 Å². The molecule has 0 radical (unpaired) electrons. The lowest BCUT2D eigenvalue weighted by molar-refractivity contribution is -0.145. The standard InChI is InChI=1S/C20H16N2O4S2/c1-25-20(24)15-9-22(16-6-3-2-5-14(15)16)10-18(23)26-11-13-12-28-19(21-13)17-7-4-8-27-17/h2-9,12H,10-11H2,1H3. The molecule has 0 N–H and O–H groups in total. The van der Waals surface area contributed by atoms with Crippen LogP contribution in [-0.4, -0.2) is 28.6 Å². The lowest BCUT2D eigenvalue weighted by atomic mass is 10.2. The minimum atomic E-state index is -0.438. The van der Waals surface area contributed by atoms with Crippen LogP contribution in [0.1, 0.15) is 16.1 Å². The molecular weight excluding hydrogens is 396 g/mol. The Balaban J connectivity index is 1.45. The average molecular weight is 412 g/mol. The number of para-hydroxylation sites is 1. The van der Waals surface area contributed by atoms with Gasteiger partial charge in [0, 0.05) is 22.5 Å². The molecule has 0 amide bonds. The van der Waals surface area contributed by atoms with E-state index in [0.717, 1.165) is 26.5 Å². The molecule has 0 saturated heterocycles. The summed E-state index contributed by atoms with van der Waals surface area (Å²) >= 11 is 3.15. The zero-order chi connectivity index (χ0) is 19.5. The van der Waals surface area contributed by atoms with Gasteiger partial charge in [0.1, 0.15) is 18.2 Å². The number of ether oxygens (including phenoxy) is 2. The highest BCUT2D eigenvalue weighted by Gasteiger charge is 2.17. The molecule has 0 aliphatic heterocycles. The lowest BCUT2D eigenvalue weighted by Gasteiger charge is -2.05. The van der Waals surface area contributed by atoms with Gasteiger partial charge < -0.3 is 14.0 Å². The number of carbonyl (C=O) groups excluding carboxylic acids is 2. The Labute approximate surface area is 169 Å². The number of methoxy groups -OCH3 is 1. The van der Waals surface area contributed by atoms with Crippen LogP contribution < -0.4 is 0 Å². The number of benzene rings is 1. The second-order valence-corrected chi connectivity index (χ2v) is 7.77. The Bertz CT molecular complexity index is 1130. The minimum Gasteiger partial charge on any atom is -0.465 e. The number of carbonyl (C=O) groups is 2. The largest absolute Gasteiger partial charge is 0.465 e. The molecule has 1 aromatic carbocycles. The van der Waals surface area contributed by atoms with Crippen LogP contribution in [0.5, 0.6) is 0 Å². The maximum atomic E-state index is 12.3. The predicted octanol–water partition coefficient (Wildman–Crippen LogP) is 4.36. The van der Waals surface area contributed by atoms with Crippen molar-refractivity contribution in [2.75, 3.05) is 7.11 Å². The summed E-state index contributed by atoms with van der Waals surface area (Å²) in [6.45, 7) is 0.114. The highest BCUT2D eigenvalue weighted by molar-refractivity contribution is 7.20. The molecule has 0 fully saturated rings. The summed E-state index contributed by atoms with van der Waals surface area (Å²) in [4.78, 5) is 29.9. The molecule has 4 rings (SSSR count). The van der Waals surface area contributed by atoms with E-state index >= 15 is 0 Å². The Morgan fingerprint density at radius 2 is 2.00 bits per heavy atom. The summed E-state index contributed by atoms with van der Waals surface area (Å²) in [5, 5.41) is 5.55. The van der Waals surface area contributed by atoms with Gasteiger partial charge in [-0.3, -0.25) is 4.79 Å². The Morgan fingerprint density at radius 1 is 1.14 bits per heavy atom. The number of hydrogen-bond acceptors (Lipinski definition) is 7. The first kappa shape index (κ1) is 18.4. The highest BCUT2D eigenvalue weighted by Crippen LogP contribution is 2.28. The highest BCUT2D eigenvalue weighted by atomic mass is 32.1. The van der Waals surface area contributed by atoms with Gasteiger partial charge in [-0.05, 0) is 17.5 Å². The maximum absolute atomic E-state index is 12.3. The van der Waals surface area contributed by atoms with Gasteiger partial charge in [-0.25, -0.2) is 9.78 Å². The number of thiophene rings is 1. The lowest BCUT2D eigenvalue weighted by Crippen LogP contribution is -2.13. The fourth-order valence-corrected chi connectivity index (χ4v) is 4.49. The zero-order valence-electron chi connectivity index (χ0n) is 15.0. The molecule has 3 heterocycles. The molecule has 0 spiro atoms. The molecule has 142 valence electrons. The van der Waals surface area contributed by atoms with Crippen LogP contribution in [-0.2, 0) is 27.4 Å². The third-order valence-electron chi connectivity index (χ3n) is 4.16. The molecule has 0 unspecified atom stereocenters. The summed E-state index contributed by atoms with van der Waals surface area (Å²) in [6, 6.07) is 11.4. The Hall–Kier alpha value is -2.97. The number of thiazole rings is 1. The Kier molecular flexibility index (Phi) is 5.23. The van der Waals surface area contributed by atoms with Crippen LogP contribution in [0.4, 0.5) is 0 Å². The van der Waals surface area contributed by atoms with Crippen molar-refractivity contribution < 1.29 is 19.1 Å². The average Bonchev–Trinajstić information content (AvgIpc) is 3.46. The van der Waals surface area contributed by atoms with Crippen LogP contribution in [0.3, 0.4) is 0 Å². The first-order valence-electron chi connectivity index (χ1n) is 8.46. The summed E-state index contributed by atoms with van der Waals surface area (Å²) in [7, 11) is 1.33. The third-order valence-corrected chi connectivity index (χ3v) is 6.09. The van der Waals surface area contributed by atoms with Crippen molar-refractivity contribution in [2.45, 2.75) is 13.2 Å². The summed E-state index contributed by atoms with van der Waals surface area (Å²) in [6.07, 6.45) is 1.62. The van der Waals surface area contributed by atoms with Gasteiger partial charge in [-0.2, -0.15) is 0 Å². The van der Waals surface area contributed by atoms with E-state index in [2.05, 4.69) is 4.98 Å². The fourth-order valence-electron chi connectivity index (χ4n) is 2.88. The van der Waals surface area contributed by atoms with Gasteiger partial charge in [0.15, 0.2) is 0 Å². The van der Waals surface area contributed by atoms with Gasteiger partial charge in [0.05, 0.1) is 23.2 Å². The van der Waals surface area contributed by atoms with Crippen LogP contribution in [0.25, 0.3) is 20.8 Å². The zero-order valence-corrected chi connectivity index (χ0v) is 16.6. The molecule has 8 heteroatoms. The topological polar surface area (TPSA) is 70.4 Å². The third kappa shape index (κ3) is 3.69. The number of fused-ring (bicyclic) bond motifs is 1. The first-order valence-corrected chi connectivity index (χ1v) is 10.2. The van der Waals surface area contributed by atoms with E-state index in [0.29, 0.717) is 5.56 Å². The number of hydrogen-bond donors (Lipinski definition) is 0. The van der Waals surface area contributed by atoms with Gasteiger partial charge in [0.25, 0.3) is 0 Å². The molecular formula is C20H16N2O4S2. The van der Waals surface area contributed by atoms with Gasteiger partial charge >= 0.3 is 11.9 Å². The second kappa shape index (κ2) is 7.95. The molecule has 0 aliphatic carbocycles. The van der Waals surface area contributed by atoms with Crippen LogP contribution in [0, 0.1) is 0 Å². The minimum absolute atomic E-state index is 0.000569. The molecule has 4 aromatic rings. The van der Waals surface area contributed by atoms with Crippen molar-refractivity contribution in [2.24, 2.45) is 0 Å². The van der Waals surface area contributed by atoms with E-state index in [9.17, 15) is 9.59 Å². The quantitative estimate of drug-likeness (QED) is 0.440. The number of nitrogens with zero attached hydrogens (tertiary/aromatic N) is 2. The molecule has 0 atom stereocenters. The number of esters is 2. The fraction of sp³-hybridized carbons (Fsp3) is 0.150. The summed E-state index contributed by atoms with van der Waals surface area (Å²) in [5.74, 6) is -0.838. The van der Waals surface area contributed by atoms with Crippen molar-refractivity contribution >= 4 is 45.5 Å². The van der Waals surface area contributed by atoms with Crippen molar-refractivity contribution in [3.63, 3.8) is 0 Å². The maximum Gasteiger partial charge on any atom is 0.340 e. The molecule has 0 bridgehead atoms. The van der Waals surface area contributed by atoms with Crippen LogP contribution in [0.15, 0.2) is 53.4 Å². The van der Waals surface area contributed by atoms with E-state index in [1.54, 1.807) is 22.1 Å². The van der Waals surface area contributed by atoms with Gasteiger partial charge in [-0.1, -0.05) is 24.3 Å². The second-order valence-electron chi connectivity index (χ2n) is 5.96. The monoisotopic (exact) mass is 412 g/mol. The van der Waals surface area contributed by atoms with Crippen LogP contribution in [0.2, 0.25) is 0 Å². The van der Waals surface area contributed by atoms with E-state index in [1.165, 1.54) is 18.4 Å². The van der Waals surface area contributed by atoms with Crippen molar-refractivity contribution in [1.29, 1.82) is 0 Å². The smallest absolute Gasteiger partial charge is 0.340 e. The molecule has 0 saturated carbocycles. The molecule has 28 heavy (non-hydrogen) atoms. The molecule has 3 aromatic heterocycles. The number of rotatable bonds is 6. The number of aromatic nitrogens is 2. The van der Waals surface area contributed by atoms with Gasteiger partial charge in [0.2, 0.25) is 0 Å². The predicted molar refractivity (Wildman–Crippen MR) is 109 cm³/mol. The SMILES string of the molecule is COC(=O)c1cn(CC(=O)OCc2csc(-c3cccs3)n2)c2ccccc12. The first-order chi connectivity index (χ1) is 13.7. The van der Waals surface area contributed by atoms with E-state index in [4.69, 9.17) is 9.47 Å². The van der Waals surface area contributed by atoms with Crippen molar-refractivity contribution in [3.05, 3.63) is 64.6 Å². The normalized spacial score (nSPS) is 10.9. The summed E-state index contributed by atoms with van der Waals surface area (Å²) < 4.78 is 11.9. The van der Waals surface area contributed by atoms with Crippen molar-refractivity contribution in [1.82, 2.24) is 9.55 Å². The van der Waals surface area contributed by atoms with Gasteiger partial charge in [-0.15, -0.1) is 22.7 Å². The molecule has 6 nitrogen and oxygen atoms in total.